The molecule has 0 fully saturated rings. The van der Waals surface area contributed by atoms with Gasteiger partial charge in [-0.1, -0.05) is 35.4 Å². The van der Waals surface area contributed by atoms with Crippen LogP contribution in [0.2, 0.25) is 0 Å². The van der Waals surface area contributed by atoms with Crippen molar-refractivity contribution < 1.29 is 9.59 Å². The van der Waals surface area contributed by atoms with E-state index in [-0.39, 0.29) is 0 Å². The molecule has 0 aromatic carbocycles. The highest BCUT2D eigenvalue weighted by atomic mass is 33.1. The first-order chi connectivity index (χ1) is 6.70. The highest BCUT2D eigenvalue weighted by Crippen LogP contribution is 2.34. The zero-order valence-corrected chi connectivity index (χ0v) is 10.4. The minimum Gasteiger partial charge on any atom is -0.303 e. The van der Waals surface area contributed by atoms with Crippen LogP contribution < -0.4 is 0 Å². The maximum atomic E-state index is 10.1. The van der Waals surface area contributed by atoms with Crippen LogP contribution in [0.3, 0.4) is 0 Å². The van der Waals surface area contributed by atoms with Gasteiger partial charge in [-0.3, -0.25) is 0 Å². The molecular formula is C10H18O2S2. The van der Waals surface area contributed by atoms with E-state index in [1.807, 2.05) is 21.6 Å². The molecule has 0 heterocycles. The fourth-order valence-corrected chi connectivity index (χ4v) is 3.45. The molecule has 0 bridgehead atoms. The normalized spacial score (nSPS) is 14.7. The maximum absolute atomic E-state index is 10.1. The van der Waals surface area contributed by atoms with Crippen molar-refractivity contribution in [3.05, 3.63) is 0 Å². The van der Waals surface area contributed by atoms with Crippen LogP contribution in [0.4, 0.5) is 0 Å². The second kappa shape index (κ2) is 9.59. The summed E-state index contributed by atoms with van der Waals surface area (Å²) in [6.07, 6.45) is 5.13. The lowest BCUT2D eigenvalue weighted by atomic mass is 10.3. The summed E-state index contributed by atoms with van der Waals surface area (Å²) < 4.78 is 0. The zero-order valence-electron chi connectivity index (χ0n) is 8.77. The van der Waals surface area contributed by atoms with Gasteiger partial charge in [0.15, 0.2) is 0 Å². The molecule has 2 atom stereocenters. The first-order valence-electron chi connectivity index (χ1n) is 4.90. The first kappa shape index (κ1) is 14.0. The van der Waals surface area contributed by atoms with Crippen LogP contribution in [-0.2, 0) is 9.59 Å². The number of rotatable bonds is 9. The van der Waals surface area contributed by atoms with Crippen LogP contribution in [0.15, 0.2) is 0 Å². The van der Waals surface area contributed by atoms with E-state index in [2.05, 4.69) is 13.8 Å². The predicted molar refractivity (Wildman–Crippen MR) is 64.7 cm³/mol. The molecule has 0 saturated heterocycles. The molecule has 0 radical (unpaired) electrons. The molecule has 0 aromatic heterocycles. The Kier molecular flexibility index (Phi) is 9.62. The van der Waals surface area contributed by atoms with Gasteiger partial charge in [0.1, 0.15) is 12.6 Å². The largest absolute Gasteiger partial charge is 0.303 e. The van der Waals surface area contributed by atoms with E-state index in [1.165, 1.54) is 0 Å². The van der Waals surface area contributed by atoms with Gasteiger partial charge < -0.3 is 9.59 Å². The molecule has 0 aliphatic carbocycles. The van der Waals surface area contributed by atoms with Crippen LogP contribution in [0, 0.1) is 0 Å². The van der Waals surface area contributed by atoms with Crippen molar-refractivity contribution in [1.29, 1.82) is 0 Å². The van der Waals surface area contributed by atoms with E-state index in [1.54, 1.807) is 0 Å². The number of carbonyl (C=O) groups is 2. The zero-order chi connectivity index (χ0) is 10.8. The number of hydrogen-bond acceptors (Lipinski definition) is 4. The van der Waals surface area contributed by atoms with E-state index >= 15 is 0 Å². The van der Waals surface area contributed by atoms with Crippen LogP contribution >= 0.6 is 21.6 Å². The summed E-state index contributed by atoms with van der Waals surface area (Å²) in [5.41, 5.74) is 0. The number of carbonyl (C=O) groups excluding carboxylic acids is 2. The second-order valence-corrected chi connectivity index (χ2v) is 6.45. The molecule has 0 saturated carbocycles. The SMILES string of the molecule is CC(CCC=O)SSC(C)CCC=O. The summed E-state index contributed by atoms with van der Waals surface area (Å²) in [5, 5.41) is 1.03. The van der Waals surface area contributed by atoms with Crippen LogP contribution in [0.1, 0.15) is 39.5 Å². The molecule has 14 heavy (non-hydrogen) atoms. The van der Waals surface area contributed by atoms with Crippen LogP contribution in [0.25, 0.3) is 0 Å². The Morgan fingerprint density at radius 1 is 0.929 bits per heavy atom. The number of aldehydes is 2. The molecule has 0 rings (SSSR count). The Balaban J connectivity index is 3.39. The van der Waals surface area contributed by atoms with Gasteiger partial charge in [0.2, 0.25) is 0 Å². The minimum atomic E-state index is 0.517. The quantitative estimate of drug-likeness (QED) is 0.453. The molecule has 0 aliphatic heterocycles. The maximum Gasteiger partial charge on any atom is 0.120 e. The molecule has 2 nitrogen and oxygen atoms in total. The van der Waals surface area contributed by atoms with Crippen molar-refractivity contribution in [1.82, 2.24) is 0 Å². The number of hydrogen-bond donors (Lipinski definition) is 0. The van der Waals surface area contributed by atoms with Gasteiger partial charge in [-0.15, -0.1) is 0 Å². The van der Waals surface area contributed by atoms with Crippen molar-refractivity contribution in [2.24, 2.45) is 0 Å². The average molecular weight is 234 g/mol. The lowest BCUT2D eigenvalue weighted by Gasteiger charge is -2.12. The topological polar surface area (TPSA) is 34.1 Å². The molecule has 82 valence electrons. The monoisotopic (exact) mass is 234 g/mol. The van der Waals surface area contributed by atoms with Crippen molar-refractivity contribution in [3.63, 3.8) is 0 Å². The average Bonchev–Trinajstić information content (AvgIpc) is 2.20. The highest BCUT2D eigenvalue weighted by Gasteiger charge is 2.07. The van der Waals surface area contributed by atoms with E-state index < -0.39 is 0 Å². The summed E-state index contributed by atoms with van der Waals surface area (Å²) in [6, 6.07) is 0. The highest BCUT2D eigenvalue weighted by molar-refractivity contribution is 8.77. The third kappa shape index (κ3) is 8.63. The molecule has 4 heteroatoms. The Morgan fingerprint density at radius 3 is 1.57 bits per heavy atom. The van der Waals surface area contributed by atoms with Crippen molar-refractivity contribution in [3.8, 4) is 0 Å². The van der Waals surface area contributed by atoms with Gasteiger partial charge in [-0.05, 0) is 12.8 Å². The van der Waals surface area contributed by atoms with E-state index in [0.29, 0.717) is 23.3 Å². The van der Waals surface area contributed by atoms with E-state index in [4.69, 9.17) is 0 Å². The summed E-state index contributed by atoms with van der Waals surface area (Å²) in [6.45, 7) is 4.27. The van der Waals surface area contributed by atoms with Crippen LogP contribution in [-0.4, -0.2) is 23.1 Å². The predicted octanol–water partition coefficient (Wildman–Crippen LogP) is 3.10. The summed E-state index contributed by atoms with van der Waals surface area (Å²) >= 11 is 0. The van der Waals surface area contributed by atoms with Gasteiger partial charge in [-0.2, -0.15) is 0 Å². The van der Waals surface area contributed by atoms with Crippen molar-refractivity contribution in [2.45, 2.75) is 50.0 Å². The van der Waals surface area contributed by atoms with Crippen molar-refractivity contribution in [2.75, 3.05) is 0 Å². The summed E-state index contributed by atoms with van der Waals surface area (Å²) in [5.74, 6) is 0. The van der Waals surface area contributed by atoms with E-state index in [9.17, 15) is 9.59 Å². The minimum absolute atomic E-state index is 0.517. The third-order valence-electron chi connectivity index (χ3n) is 1.77. The van der Waals surface area contributed by atoms with Crippen molar-refractivity contribution >= 4 is 34.2 Å². The molecule has 0 amide bonds. The Morgan fingerprint density at radius 2 is 1.29 bits per heavy atom. The van der Waals surface area contributed by atoms with Gasteiger partial charge >= 0.3 is 0 Å². The lowest BCUT2D eigenvalue weighted by Crippen LogP contribution is -1.98. The standard InChI is InChI=1S/C10H18O2S2/c1-9(5-3-7-11)13-14-10(2)6-4-8-12/h7-10H,3-6H2,1-2H3. The van der Waals surface area contributed by atoms with E-state index in [0.717, 1.165) is 25.4 Å². The fraction of sp³-hybridized carbons (Fsp3) is 0.800. The fourth-order valence-electron chi connectivity index (χ4n) is 0.891. The smallest absolute Gasteiger partial charge is 0.120 e. The van der Waals surface area contributed by atoms with Gasteiger partial charge in [0.25, 0.3) is 0 Å². The molecular weight excluding hydrogens is 216 g/mol. The molecule has 0 N–H and O–H groups in total. The van der Waals surface area contributed by atoms with Gasteiger partial charge in [0.05, 0.1) is 0 Å². The Bertz CT molecular complexity index is 144. The van der Waals surface area contributed by atoms with Gasteiger partial charge in [-0.25, -0.2) is 0 Å². The second-order valence-electron chi connectivity index (χ2n) is 3.30. The molecule has 2 unspecified atom stereocenters. The molecule has 0 aliphatic rings. The third-order valence-corrected chi connectivity index (χ3v) is 5.31. The first-order valence-corrected chi connectivity index (χ1v) is 7.17. The Labute approximate surface area is 94.0 Å². The summed E-state index contributed by atoms with van der Waals surface area (Å²) in [4.78, 5) is 20.3. The summed E-state index contributed by atoms with van der Waals surface area (Å²) in [7, 11) is 3.63. The van der Waals surface area contributed by atoms with Gasteiger partial charge in [0, 0.05) is 23.3 Å². The lowest BCUT2D eigenvalue weighted by molar-refractivity contribution is -0.108. The molecule has 0 spiro atoms. The van der Waals surface area contributed by atoms with Crippen LogP contribution in [0.5, 0.6) is 0 Å². The Hall–Kier alpha value is 0.0400. The molecule has 0 aromatic rings.